The second-order valence-electron chi connectivity index (χ2n) is 9.17. The van der Waals surface area contributed by atoms with Crippen LogP contribution in [0, 0.1) is 12.1 Å². The van der Waals surface area contributed by atoms with E-state index in [1.165, 1.54) is 88.2 Å². The van der Waals surface area contributed by atoms with Crippen molar-refractivity contribution < 1.29 is 13.6 Å². The maximum absolute atomic E-state index is 11.9. The van der Waals surface area contributed by atoms with Crippen molar-refractivity contribution in [2.75, 3.05) is 26.2 Å². The minimum absolute atomic E-state index is 0.493. The molecule has 0 aliphatic carbocycles. The molecule has 2 rings (SSSR count). The van der Waals surface area contributed by atoms with Crippen molar-refractivity contribution in [3.05, 3.63) is 65.7 Å². The van der Waals surface area contributed by atoms with Gasteiger partial charge in [0.1, 0.15) is 18.5 Å². The zero-order valence-corrected chi connectivity index (χ0v) is 22.1. The Hall–Kier alpha value is -2.31. The summed E-state index contributed by atoms with van der Waals surface area (Å²) in [5, 5.41) is 0. The number of nitrogens with zero attached hydrogens (tertiary/aromatic N) is 1. The van der Waals surface area contributed by atoms with Gasteiger partial charge in [-0.2, -0.15) is 0 Å². The first-order valence-corrected chi connectivity index (χ1v) is 13.4. The fourth-order valence-corrected chi connectivity index (χ4v) is 4.10. The number of quaternary nitrogens is 1. The summed E-state index contributed by atoms with van der Waals surface area (Å²) >= 11 is 0. The largest absolute Gasteiger partial charge is 0.489 e. The second kappa shape index (κ2) is 19.0. The van der Waals surface area contributed by atoms with Gasteiger partial charge >= 0.3 is 0 Å². The van der Waals surface area contributed by atoms with Crippen LogP contribution in [0.5, 0.6) is 5.75 Å². The molecule has 0 N–H and O–H groups in total. The molecule has 0 saturated carbocycles. The van der Waals surface area contributed by atoms with Crippen LogP contribution in [-0.4, -0.2) is 30.7 Å². The average molecular weight is 469 g/mol. The predicted octanol–water partition coefficient (Wildman–Crippen LogP) is 8.55. The second-order valence-corrected chi connectivity index (χ2v) is 9.17. The molecule has 0 radical (unpaired) electrons. The van der Waals surface area contributed by atoms with E-state index in [9.17, 15) is 4.39 Å². The molecule has 0 unspecified atom stereocenters. The predicted molar refractivity (Wildman–Crippen MR) is 145 cm³/mol. The highest BCUT2D eigenvalue weighted by atomic mass is 19.1. The van der Waals surface area contributed by atoms with Crippen LogP contribution >= 0.6 is 0 Å². The SMILES string of the molecule is CCCC[N+](CCCC)(CCCC)CCCC.FC#Cc1cccc(OCc2ccccc2)c1. The maximum Gasteiger partial charge on any atom is 0.121 e. The molecule has 0 amide bonds. The lowest BCUT2D eigenvalue weighted by molar-refractivity contribution is -0.929. The lowest BCUT2D eigenvalue weighted by Crippen LogP contribution is -2.50. The van der Waals surface area contributed by atoms with E-state index >= 15 is 0 Å². The summed E-state index contributed by atoms with van der Waals surface area (Å²) in [4.78, 5) is 0. The van der Waals surface area contributed by atoms with E-state index < -0.39 is 0 Å². The molecular weight excluding hydrogens is 421 g/mol. The third-order valence-corrected chi connectivity index (χ3v) is 6.22. The quantitative estimate of drug-likeness (QED) is 0.188. The van der Waals surface area contributed by atoms with Crippen LogP contribution in [0.15, 0.2) is 54.6 Å². The van der Waals surface area contributed by atoms with Crippen LogP contribution in [0.25, 0.3) is 0 Å². The Kier molecular flexibility index (Phi) is 16.6. The molecule has 2 aromatic carbocycles. The number of rotatable bonds is 15. The van der Waals surface area contributed by atoms with E-state index in [2.05, 4.69) is 33.6 Å². The van der Waals surface area contributed by atoms with Crippen LogP contribution in [-0.2, 0) is 6.61 Å². The summed E-state index contributed by atoms with van der Waals surface area (Å²) in [6, 6.07) is 16.9. The maximum atomic E-state index is 11.9. The Morgan fingerprint density at radius 2 is 1.24 bits per heavy atom. The summed E-state index contributed by atoms with van der Waals surface area (Å²) < 4.78 is 18.9. The third-order valence-electron chi connectivity index (χ3n) is 6.22. The first-order chi connectivity index (χ1) is 16.6. The van der Waals surface area contributed by atoms with Gasteiger partial charge in [-0.15, -0.1) is 4.39 Å². The monoisotopic (exact) mass is 468 g/mol. The van der Waals surface area contributed by atoms with Gasteiger partial charge in [0.05, 0.1) is 26.2 Å². The van der Waals surface area contributed by atoms with Gasteiger partial charge in [-0.25, -0.2) is 0 Å². The Morgan fingerprint density at radius 1 is 0.706 bits per heavy atom. The van der Waals surface area contributed by atoms with Gasteiger partial charge in [-0.3, -0.25) is 0 Å². The van der Waals surface area contributed by atoms with Crippen LogP contribution in [0.4, 0.5) is 4.39 Å². The smallest absolute Gasteiger partial charge is 0.121 e. The number of halogens is 1. The molecule has 34 heavy (non-hydrogen) atoms. The summed E-state index contributed by atoms with van der Waals surface area (Å²) in [5.41, 5.74) is 1.70. The summed E-state index contributed by atoms with van der Waals surface area (Å²) in [7, 11) is 0. The van der Waals surface area contributed by atoms with E-state index in [0.717, 1.165) is 5.56 Å². The van der Waals surface area contributed by atoms with Gasteiger partial charge in [0.2, 0.25) is 0 Å². The van der Waals surface area contributed by atoms with Crippen molar-refractivity contribution >= 4 is 0 Å². The minimum Gasteiger partial charge on any atom is -0.489 e. The van der Waals surface area contributed by atoms with Crippen LogP contribution in [0.2, 0.25) is 0 Å². The molecule has 0 spiro atoms. The van der Waals surface area contributed by atoms with Gasteiger partial charge in [0.25, 0.3) is 0 Å². The number of unbranched alkanes of at least 4 members (excludes halogenated alkanes) is 4. The number of ether oxygens (including phenoxy) is 1. The van der Waals surface area contributed by atoms with Crippen molar-refractivity contribution in [3.8, 4) is 17.8 Å². The lowest BCUT2D eigenvalue weighted by Gasteiger charge is -2.39. The molecule has 2 aromatic rings. The van der Waals surface area contributed by atoms with Gasteiger partial charge in [-0.1, -0.05) is 89.8 Å². The molecule has 0 aromatic heterocycles. The molecule has 0 atom stereocenters. The molecule has 0 saturated heterocycles. The van der Waals surface area contributed by atoms with Gasteiger partial charge in [0.15, 0.2) is 0 Å². The fraction of sp³-hybridized carbons (Fsp3) is 0.548. The van der Waals surface area contributed by atoms with E-state index in [1.807, 2.05) is 36.4 Å². The Morgan fingerprint density at radius 3 is 1.71 bits per heavy atom. The van der Waals surface area contributed by atoms with E-state index in [1.54, 1.807) is 18.2 Å². The first kappa shape index (κ1) is 29.7. The summed E-state index contributed by atoms with van der Waals surface area (Å²) in [6.07, 6.45) is 12.4. The van der Waals surface area contributed by atoms with Crippen LogP contribution < -0.4 is 4.74 Å². The van der Waals surface area contributed by atoms with Crippen LogP contribution in [0.3, 0.4) is 0 Å². The van der Waals surface area contributed by atoms with E-state index in [0.29, 0.717) is 17.9 Å². The number of hydrogen-bond donors (Lipinski definition) is 0. The highest BCUT2D eigenvalue weighted by Crippen LogP contribution is 2.17. The zero-order valence-electron chi connectivity index (χ0n) is 22.1. The molecule has 0 bridgehead atoms. The molecular formula is C31H47FNO+. The highest BCUT2D eigenvalue weighted by Gasteiger charge is 2.24. The number of hydrogen-bond acceptors (Lipinski definition) is 1. The summed E-state index contributed by atoms with van der Waals surface area (Å²) in [5.74, 6) is 3.04. The third kappa shape index (κ3) is 12.8. The molecule has 0 aliphatic rings. The van der Waals surface area contributed by atoms with E-state index in [4.69, 9.17) is 4.74 Å². The average Bonchev–Trinajstić information content (AvgIpc) is 2.88. The molecule has 0 fully saturated rings. The van der Waals surface area contributed by atoms with Gasteiger partial charge < -0.3 is 9.22 Å². The van der Waals surface area contributed by atoms with E-state index in [-0.39, 0.29) is 0 Å². The minimum atomic E-state index is 0.493. The normalized spacial score (nSPS) is 10.6. The lowest BCUT2D eigenvalue weighted by atomic mass is 10.1. The molecule has 3 heteroatoms. The standard InChI is InChI=1S/C16H36N.C15H11FO/c1-5-9-13-17(14-10-6-2,15-11-7-3)16-12-8-4;16-10-9-13-7-4-8-15(11-13)17-12-14-5-2-1-3-6-14/h5-16H2,1-4H3;1-8,11H,12H2/q+1;. The first-order valence-electron chi connectivity index (χ1n) is 13.4. The van der Waals surface area contributed by atoms with Gasteiger partial charge in [-0.05, 0) is 55.4 Å². The Bertz CT molecular complexity index is 771. The van der Waals surface area contributed by atoms with Crippen molar-refractivity contribution in [2.45, 2.75) is 85.7 Å². The molecule has 2 nitrogen and oxygen atoms in total. The molecule has 0 heterocycles. The topological polar surface area (TPSA) is 9.23 Å². The highest BCUT2D eigenvalue weighted by molar-refractivity contribution is 5.39. The Labute approximate surface area is 209 Å². The van der Waals surface area contributed by atoms with Crippen LogP contribution in [0.1, 0.15) is 90.2 Å². The van der Waals surface area contributed by atoms with Crippen molar-refractivity contribution in [3.63, 3.8) is 0 Å². The van der Waals surface area contributed by atoms with Crippen molar-refractivity contribution in [1.29, 1.82) is 0 Å². The van der Waals surface area contributed by atoms with Crippen molar-refractivity contribution in [2.24, 2.45) is 0 Å². The summed E-state index contributed by atoms with van der Waals surface area (Å²) in [6.45, 7) is 15.5. The molecule has 0 aliphatic heterocycles. The molecule has 188 valence electrons. The number of benzene rings is 2. The Balaban J connectivity index is 0.000000340. The van der Waals surface area contributed by atoms with Crippen molar-refractivity contribution in [1.82, 2.24) is 0 Å². The fourth-order valence-electron chi connectivity index (χ4n) is 4.10. The zero-order chi connectivity index (χ0) is 24.9. The van der Waals surface area contributed by atoms with Gasteiger partial charge in [0, 0.05) is 5.56 Å².